The normalized spacial score (nSPS) is 19.5. The lowest BCUT2D eigenvalue weighted by Crippen LogP contribution is -2.33. The highest BCUT2D eigenvalue weighted by atomic mass is 16.5. The van der Waals surface area contributed by atoms with Crippen molar-refractivity contribution in [1.29, 1.82) is 0 Å². The molecule has 3 aromatic carbocycles. The minimum atomic E-state index is -0.365. The van der Waals surface area contributed by atoms with E-state index >= 15 is 0 Å². The van der Waals surface area contributed by atoms with Crippen molar-refractivity contribution >= 4 is 33.8 Å². The molecule has 4 heteroatoms. The van der Waals surface area contributed by atoms with Crippen molar-refractivity contribution in [3.8, 4) is 0 Å². The van der Waals surface area contributed by atoms with Gasteiger partial charge in [-0.15, -0.1) is 0 Å². The van der Waals surface area contributed by atoms with Crippen LogP contribution in [0.2, 0.25) is 0 Å². The summed E-state index contributed by atoms with van der Waals surface area (Å²) in [5.41, 5.74) is 5.58. The van der Waals surface area contributed by atoms with Gasteiger partial charge in [0.1, 0.15) is 0 Å². The van der Waals surface area contributed by atoms with Gasteiger partial charge in [-0.2, -0.15) is 0 Å². The van der Waals surface area contributed by atoms with Gasteiger partial charge < -0.3 is 10.1 Å². The van der Waals surface area contributed by atoms with Gasteiger partial charge in [-0.25, -0.2) is 4.79 Å². The molecule has 3 aromatic rings. The molecule has 0 bridgehead atoms. The summed E-state index contributed by atoms with van der Waals surface area (Å²) in [4.78, 5) is 25.3. The van der Waals surface area contributed by atoms with Crippen molar-refractivity contribution in [2.75, 3.05) is 12.4 Å². The number of ketones is 1. The van der Waals surface area contributed by atoms with Gasteiger partial charge in [0.15, 0.2) is 5.78 Å². The van der Waals surface area contributed by atoms with E-state index in [1.807, 2.05) is 18.2 Å². The fraction of sp³-hybridized carbons (Fsp3) is 0.259. The summed E-state index contributed by atoms with van der Waals surface area (Å²) >= 11 is 0. The molecule has 0 fully saturated rings. The predicted octanol–water partition coefficient (Wildman–Crippen LogP) is 5.94. The van der Waals surface area contributed by atoms with Gasteiger partial charge in [0, 0.05) is 23.2 Å². The molecule has 0 radical (unpaired) electrons. The fourth-order valence-electron chi connectivity index (χ4n) is 5.02. The molecule has 5 rings (SSSR count). The average molecular weight is 412 g/mol. The Morgan fingerprint density at radius 3 is 2.48 bits per heavy atom. The first kappa shape index (κ1) is 19.6. The zero-order chi connectivity index (χ0) is 21.8. The van der Waals surface area contributed by atoms with E-state index < -0.39 is 0 Å². The SMILES string of the molecule is COC(=O)c1ccc([C@@H]2Nc3ccc4ccccc4c3C3=C2C(=O)CC(C)(C)C3)cc1. The highest BCUT2D eigenvalue weighted by Gasteiger charge is 2.40. The Morgan fingerprint density at radius 1 is 1.00 bits per heavy atom. The molecule has 0 spiro atoms. The smallest absolute Gasteiger partial charge is 0.337 e. The first-order valence-electron chi connectivity index (χ1n) is 10.6. The zero-order valence-electron chi connectivity index (χ0n) is 18.0. The summed E-state index contributed by atoms with van der Waals surface area (Å²) in [6.07, 6.45) is 1.39. The van der Waals surface area contributed by atoms with Crippen molar-refractivity contribution in [3.63, 3.8) is 0 Å². The molecule has 1 atom stereocenters. The van der Waals surface area contributed by atoms with Crippen LogP contribution in [0.15, 0.2) is 66.2 Å². The number of benzene rings is 3. The molecular formula is C27H25NO3. The minimum Gasteiger partial charge on any atom is -0.465 e. The average Bonchev–Trinajstić information content (AvgIpc) is 2.76. The molecule has 31 heavy (non-hydrogen) atoms. The summed E-state index contributed by atoms with van der Waals surface area (Å²) in [5, 5.41) is 5.97. The van der Waals surface area contributed by atoms with Gasteiger partial charge in [-0.3, -0.25) is 4.79 Å². The lowest BCUT2D eigenvalue weighted by molar-refractivity contribution is -0.118. The number of ether oxygens (including phenoxy) is 1. The number of anilines is 1. The number of carbonyl (C=O) groups excluding carboxylic acids is 2. The highest BCUT2D eigenvalue weighted by Crippen LogP contribution is 2.51. The van der Waals surface area contributed by atoms with Crippen LogP contribution >= 0.6 is 0 Å². The minimum absolute atomic E-state index is 0.0826. The van der Waals surface area contributed by atoms with Crippen LogP contribution in [0.1, 0.15) is 54.2 Å². The maximum absolute atomic E-state index is 13.4. The lowest BCUT2D eigenvalue weighted by Gasteiger charge is -2.40. The first-order chi connectivity index (χ1) is 14.9. The Morgan fingerprint density at radius 2 is 1.74 bits per heavy atom. The van der Waals surface area contributed by atoms with Crippen LogP contribution in [0.25, 0.3) is 16.3 Å². The molecule has 1 N–H and O–H groups in total. The maximum Gasteiger partial charge on any atom is 0.337 e. The van der Waals surface area contributed by atoms with Crippen molar-refractivity contribution in [1.82, 2.24) is 0 Å². The Hall–Kier alpha value is -3.40. The number of nitrogens with one attached hydrogen (secondary N) is 1. The highest BCUT2D eigenvalue weighted by molar-refractivity contribution is 6.12. The Labute approximate surface area is 181 Å². The number of Topliss-reactive ketones (excluding diaryl/α,β-unsaturated/α-hetero) is 1. The van der Waals surface area contributed by atoms with Crippen molar-refractivity contribution in [3.05, 3.63) is 82.9 Å². The van der Waals surface area contributed by atoms with Crippen LogP contribution < -0.4 is 5.32 Å². The monoisotopic (exact) mass is 411 g/mol. The second-order valence-electron chi connectivity index (χ2n) is 9.23. The molecule has 0 amide bonds. The molecular weight excluding hydrogens is 386 g/mol. The number of hydrogen-bond donors (Lipinski definition) is 1. The number of allylic oxidation sites excluding steroid dienone is 1. The standard InChI is InChI=1S/C27H25NO3/c1-27(2)14-20-23-19-7-5-4-6-16(19)12-13-21(23)28-25(24(20)22(29)15-27)17-8-10-18(11-9-17)26(30)31-3/h4-13,25,28H,14-15H2,1-3H3/t25-/m0/s1. The van der Waals surface area contributed by atoms with Crippen LogP contribution in [-0.4, -0.2) is 18.9 Å². The number of rotatable bonds is 2. The van der Waals surface area contributed by atoms with E-state index in [2.05, 4.69) is 49.5 Å². The quantitative estimate of drug-likeness (QED) is 0.531. The van der Waals surface area contributed by atoms with Gasteiger partial charge in [-0.05, 0) is 51.9 Å². The van der Waals surface area contributed by atoms with Crippen LogP contribution in [0.3, 0.4) is 0 Å². The van der Waals surface area contributed by atoms with E-state index in [4.69, 9.17) is 4.74 Å². The second kappa shape index (κ2) is 7.09. The van der Waals surface area contributed by atoms with E-state index in [1.165, 1.54) is 17.9 Å². The second-order valence-corrected chi connectivity index (χ2v) is 9.23. The fourth-order valence-corrected chi connectivity index (χ4v) is 5.02. The molecule has 4 nitrogen and oxygen atoms in total. The third kappa shape index (κ3) is 3.23. The van der Waals surface area contributed by atoms with Gasteiger partial charge in [0.05, 0.1) is 18.7 Å². The Balaban J connectivity index is 1.71. The van der Waals surface area contributed by atoms with Gasteiger partial charge in [0.25, 0.3) is 0 Å². The molecule has 156 valence electrons. The lowest BCUT2D eigenvalue weighted by atomic mass is 9.68. The van der Waals surface area contributed by atoms with Gasteiger partial charge in [0.2, 0.25) is 0 Å². The molecule has 1 heterocycles. The van der Waals surface area contributed by atoms with Crippen molar-refractivity contribution in [2.24, 2.45) is 5.41 Å². The van der Waals surface area contributed by atoms with E-state index in [-0.39, 0.29) is 23.2 Å². The molecule has 1 aliphatic carbocycles. The molecule has 0 saturated heterocycles. The van der Waals surface area contributed by atoms with E-state index in [0.717, 1.165) is 34.4 Å². The van der Waals surface area contributed by atoms with Crippen molar-refractivity contribution < 1.29 is 14.3 Å². The zero-order valence-corrected chi connectivity index (χ0v) is 18.0. The Kier molecular flexibility index (Phi) is 4.47. The molecule has 1 aliphatic heterocycles. The van der Waals surface area contributed by atoms with E-state index in [1.54, 1.807) is 12.1 Å². The summed E-state index contributed by atoms with van der Waals surface area (Å²) in [5.74, 6) is -0.172. The first-order valence-corrected chi connectivity index (χ1v) is 10.6. The van der Waals surface area contributed by atoms with Gasteiger partial charge in [-0.1, -0.05) is 56.3 Å². The third-order valence-corrected chi connectivity index (χ3v) is 6.40. The van der Waals surface area contributed by atoms with E-state index in [9.17, 15) is 9.59 Å². The number of carbonyl (C=O) groups is 2. The molecule has 0 aromatic heterocycles. The largest absolute Gasteiger partial charge is 0.465 e. The third-order valence-electron chi connectivity index (χ3n) is 6.40. The topological polar surface area (TPSA) is 55.4 Å². The maximum atomic E-state index is 13.4. The summed E-state index contributed by atoms with van der Waals surface area (Å²) < 4.78 is 4.82. The number of hydrogen-bond acceptors (Lipinski definition) is 4. The predicted molar refractivity (Wildman–Crippen MR) is 123 cm³/mol. The summed E-state index contributed by atoms with van der Waals surface area (Å²) in [6.45, 7) is 4.34. The van der Waals surface area contributed by atoms with Crippen LogP contribution in [0.4, 0.5) is 5.69 Å². The van der Waals surface area contributed by atoms with Crippen LogP contribution in [0.5, 0.6) is 0 Å². The molecule has 0 unspecified atom stereocenters. The summed E-state index contributed by atoms with van der Waals surface area (Å²) in [6, 6.07) is 19.7. The van der Waals surface area contributed by atoms with Crippen LogP contribution in [0, 0.1) is 5.41 Å². The van der Waals surface area contributed by atoms with E-state index in [0.29, 0.717) is 12.0 Å². The number of methoxy groups -OCH3 is 1. The molecule has 2 aliphatic rings. The van der Waals surface area contributed by atoms with Gasteiger partial charge >= 0.3 is 5.97 Å². The summed E-state index contributed by atoms with van der Waals surface area (Å²) in [7, 11) is 1.37. The van der Waals surface area contributed by atoms with Crippen molar-refractivity contribution in [2.45, 2.75) is 32.7 Å². The number of esters is 1. The number of fused-ring (bicyclic) bond motifs is 4. The Bertz CT molecular complexity index is 1250. The van der Waals surface area contributed by atoms with Crippen LogP contribution in [-0.2, 0) is 9.53 Å². The molecule has 0 saturated carbocycles.